The van der Waals surface area contributed by atoms with Crippen molar-refractivity contribution in [3.8, 4) is 11.3 Å². The molecule has 4 rings (SSSR count). The van der Waals surface area contributed by atoms with Crippen molar-refractivity contribution < 1.29 is 4.79 Å². The highest BCUT2D eigenvalue weighted by atomic mass is 16.2. The number of amides is 1. The fraction of sp³-hybridized carbons (Fsp3) is 0.619. The van der Waals surface area contributed by atoms with E-state index in [1.54, 1.807) is 6.20 Å². The van der Waals surface area contributed by atoms with Crippen LogP contribution in [-0.2, 0) is 4.79 Å². The largest absolute Gasteiger partial charge is 0.347 e. The van der Waals surface area contributed by atoms with Gasteiger partial charge in [-0.05, 0) is 37.7 Å². The van der Waals surface area contributed by atoms with Gasteiger partial charge in [-0.1, -0.05) is 19.3 Å². The normalized spacial score (nSPS) is 20.5. The second kappa shape index (κ2) is 8.29. The van der Waals surface area contributed by atoms with E-state index in [0.29, 0.717) is 24.2 Å². The molecule has 150 valence electrons. The highest BCUT2D eigenvalue weighted by Crippen LogP contribution is 2.37. The van der Waals surface area contributed by atoms with Crippen molar-refractivity contribution in [2.45, 2.75) is 57.4 Å². The van der Waals surface area contributed by atoms with Crippen molar-refractivity contribution in [1.29, 1.82) is 0 Å². The molecule has 1 atom stereocenters. The number of nitrogens with zero attached hydrogens (tertiary/aromatic N) is 5. The van der Waals surface area contributed by atoms with Gasteiger partial charge >= 0.3 is 0 Å². The molecule has 2 aromatic heterocycles. The summed E-state index contributed by atoms with van der Waals surface area (Å²) in [5.41, 5.74) is 2.81. The Kier molecular flexibility index (Phi) is 5.59. The van der Waals surface area contributed by atoms with Crippen LogP contribution < -0.4 is 4.90 Å². The smallest absolute Gasteiger partial charge is 0.225 e. The number of aromatic nitrogens is 4. The molecule has 1 aliphatic carbocycles. The Labute approximate surface area is 166 Å². The summed E-state index contributed by atoms with van der Waals surface area (Å²) in [5, 5.41) is 7.46. The van der Waals surface area contributed by atoms with Gasteiger partial charge < -0.3 is 9.80 Å². The Morgan fingerprint density at radius 2 is 2.04 bits per heavy atom. The molecule has 0 aromatic carbocycles. The zero-order valence-corrected chi connectivity index (χ0v) is 16.9. The Morgan fingerprint density at radius 1 is 1.21 bits per heavy atom. The molecular weight excluding hydrogens is 352 g/mol. The predicted molar refractivity (Wildman–Crippen MR) is 109 cm³/mol. The van der Waals surface area contributed by atoms with Gasteiger partial charge in [-0.2, -0.15) is 5.10 Å². The van der Waals surface area contributed by atoms with E-state index >= 15 is 0 Å². The summed E-state index contributed by atoms with van der Waals surface area (Å²) in [4.78, 5) is 26.0. The summed E-state index contributed by atoms with van der Waals surface area (Å²) >= 11 is 0. The maximum atomic E-state index is 13.1. The molecule has 1 aliphatic heterocycles. The molecule has 1 amide bonds. The summed E-state index contributed by atoms with van der Waals surface area (Å²) < 4.78 is 0. The number of hydrogen-bond donors (Lipinski definition) is 1. The standard InChI is InChI=1S/C21H30N6O/c1-26(2)21-22-11-10-17(24-21)16-14-23-25-20(16)18-9-6-12-27(18)19(28)13-15-7-4-3-5-8-15/h10-11,14-15,18H,3-9,12-13H2,1-2H3,(H,23,25)/t18-/m0/s1. The Balaban J connectivity index is 1.55. The SMILES string of the molecule is CN(C)c1nccc(-c2cn[nH]c2[C@@H]2CCCN2C(=O)CC2CCCCC2)n1. The molecule has 2 aliphatic rings. The molecule has 0 bridgehead atoms. The first-order valence-corrected chi connectivity index (χ1v) is 10.5. The molecule has 2 aromatic rings. The minimum absolute atomic E-state index is 0.0614. The van der Waals surface area contributed by atoms with Crippen LogP contribution in [0, 0.1) is 5.92 Å². The van der Waals surface area contributed by atoms with E-state index in [-0.39, 0.29) is 6.04 Å². The first kappa shape index (κ1) is 18.9. The van der Waals surface area contributed by atoms with Gasteiger partial charge in [0, 0.05) is 38.8 Å². The van der Waals surface area contributed by atoms with Gasteiger partial charge in [0.2, 0.25) is 11.9 Å². The minimum Gasteiger partial charge on any atom is -0.347 e. The van der Waals surface area contributed by atoms with Gasteiger partial charge in [0.25, 0.3) is 0 Å². The van der Waals surface area contributed by atoms with E-state index in [1.807, 2.05) is 31.3 Å². The number of H-pyrrole nitrogens is 1. The van der Waals surface area contributed by atoms with Crippen molar-refractivity contribution in [2.24, 2.45) is 5.92 Å². The Hall–Kier alpha value is -2.44. The lowest BCUT2D eigenvalue weighted by Gasteiger charge is -2.28. The fourth-order valence-electron chi connectivity index (χ4n) is 4.59. The van der Waals surface area contributed by atoms with Crippen LogP contribution in [0.2, 0.25) is 0 Å². The van der Waals surface area contributed by atoms with Gasteiger partial charge in [0.15, 0.2) is 0 Å². The van der Waals surface area contributed by atoms with E-state index in [4.69, 9.17) is 0 Å². The third-order valence-electron chi connectivity index (χ3n) is 6.08. The van der Waals surface area contributed by atoms with Crippen LogP contribution in [0.1, 0.15) is 63.1 Å². The lowest BCUT2D eigenvalue weighted by atomic mass is 9.86. The number of likely N-dealkylation sites (tertiary alicyclic amines) is 1. The molecule has 7 heteroatoms. The average molecular weight is 383 g/mol. The molecular formula is C21H30N6O. The number of rotatable bonds is 5. The van der Waals surface area contributed by atoms with Crippen molar-refractivity contribution >= 4 is 11.9 Å². The van der Waals surface area contributed by atoms with Crippen LogP contribution in [0.4, 0.5) is 5.95 Å². The number of carbonyl (C=O) groups is 1. The lowest BCUT2D eigenvalue weighted by Crippen LogP contribution is -2.32. The number of anilines is 1. The molecule has 0 spiro atoms. The van der Waals surface area contributed by atoms with Gasteiger partial charge in [-0.25, -0.2) is 9.97 Å². The van der Waals surface area contributed by atoms with Crippen LogP contribution >= 0.6 is 0 Å². The van der Waals surface area contributed by atoms with Crippen molar-refractivity contribution in [2.75, 3.05) is 25.5 Å². The molecule has 0 radical (unpaired) electrons. The zero-order chi connectivity index (χ0) is 19.5. The summed E-state index contributed by atoms with van der Waals surface area (Å²) in [6.07, 6.45) is 12.6. The van der Waals surface area contributed by atoms with Crippen LogP contribution in [0.5, 0.6) is 0 Å². The maximum absolute atomic E-state index is 13.1. The quantitative estimate of drug-likeness (QED) is 0.855. The molecule has 1 N–H and O–H groups in total. The highest BCUT2D eigenvalue weighted by Gasteiger charge is 2.34. The number of aromatic amines is 1. The highest BCUT2D eigenvalue weighted by molar-refractivity contribution is 5.78. The third kappa shape index (κ3) is 3.88. The van der Waals surface area contributed by atoms with Gasteiger partial charge in [0.05, 0.1) is 23.6 Å². The molecule has 2 fully saturated rings. The van der Waals surface area contributed by atoms with E-state index in [9.17, 15) is 4.79 Å². The van der Waals surface area contributed by atoms with Gasteiger partial charge in [-0.15, -0.1) is 0 Å². The summed E-state index contributed by atoms with van der Waals surface area (Å²) in [7, 11) is 3.86. The molecule has 1 saturated carbocycles. The maximum Gasteiger partial charge on any atom is 0.225 e. The van der Waals surface area contributed by atoms with Crippen molar-refractivity contribution in [1.82, 2.24) is 25.1 Å². The zero-order valence-electron chi connectivity index (χ0n) is 16.9. The fourth-order valence-corrected chi connectivity index (χ4v) is 4.59. The van der Waals surface area contributed by atoms with Crippen molar-refractivity contribution in [3.05, 3.63) is 24.2 Å². The van der Waals surface area contributed by atoms with E-state index in [0.717, 1.165) is 36.3 Å². The average Bonchev–Trinajstić information content (AvgIpc) is 3.38. The Morgan fingerprint density at radius 3 is 2.82 bits per heavy atom. The first-order valence-electron chi connectivity index (χ1n) is 10.5. The van der Waals surface area contributed by atoms with Crippen molar-refractivity contribution in [3.63, 3.8) is 0 Å². The number of hydrogen-bond acceptors (Lipinski definition) is 5. The summed E-state index contributed by atoms with van der Waals surface area (Å²) in [6, 6.07) is 1.97. The monoisotopic (exact) mass is 382 g/mol. The van der Waals surface area contributed by atoms with Crippen LogP contribution in [0.15, 0.2) is 18.5 Å². The topological polar surface area (TPSA) is 78.0 Å². The Bertz CT molecular complexity index is 811. The lowest BCUT2D eigenvalue weighted by molar-refractivity contribution is -0.133. The van der Waals surface area contributed by atoms with E-state index in [2.05, 4.69) is 25.1 Å². The third-order valence-corrected chi connectivity index (χ3v) is 6.08. The molecule has 7 nitrogen and oxygen atoms in total. The van der Waals surface area contributed by atoms with Crippen LogP contribution in [0.25, 0.3) is 11.3 Å². The van der Waals surface area contributed by atoms with Crippen LogP contribution in [0.3, 0.4) is 0 Å². The second-order valence-electron chi connectivity index (χ2n) is 8.29. The predicted octanol–water partition coefficient (Wildman–Crippen LogP) is 3.57. The number of nitrogens with one attached hydrogen (secondary N) is 1. The summed E-state index contributed by atoms with van der Waals surface area (Å²) in [5.74, 6) is 1.53. The molecule has 3 heterocycles. The molecule has 1 saturated heterocycles. The molecule has 28 heavy (non-hydrogen) atoms. The van der Waals surface area contributed by atoms with E-state index < -0.39 is 0 Å². The van der Waals surface area contributed by atoms with E-state index in [1.165, 1.54) is 32.1 Å². The first-order chi connectivity index (χ1) is 13.6. The number of carbonyl (C=O) groups excluding carboxylic acids is 1. The van der Waals surface area contributed by atoms with Gasteiger partial charge in [0.1, 0.15) is 0 Å². The van der Waals surface area contributed by atoms with Gasteiger partial charge in [-0.3, -0.25) is 9.89 Å². The second-order valence-corrected chi connectivity index (χ2v) is 8.29. The minimum atomic E-state index is 0.0614. The van der Waals surface area contributed by atoms with Crippen LogP contribution in [-0.4, -0.2) is 51.6 Å². The molecule has 0 unspecified atom stereocenters. The summed E-state index contributed by atoms with van der Waals surface area (Å²) in [6.45, 7) is 0.835.